The van der Waals surface area contributed by atoms with Crippen molar-refractivity contribution in [2.45, 2.75) is 140 Å². The van der Waals surface area contributed by atoms with E-state index < -0.39 is 11.6 Å². The maximum atomic E-state index is 10.1. The molecule has 0 saturated heterocycles. The summed E-state index contributed by atoms with van der Waals surface area (Å²) >= 11 is 0. The Hall–Kier alpha value is -0.160. The SMILES string of the molecule is OC1(O)CCCCCCCCCCCCCCCCCCCCC1(O)O. The lowest BCUT2D eigenvalue weighted by atomic mass is 9.93. The van der Waals surface area contributed by atoms with Gasteiger partial charge in [-0.2, -0.15) is 0 Å². The summed E-state index contributed by atoms with van der Waals surface area (Å²) in [5.74, 6) is -4.80. The molecule has 0 heterocycles. The monoisotopic (exact) mass is 372 g/mol. The highest BCUT2D eigenvalue weighted by Crippen LogP contribution is 2.29. The molecule has 156 valence electrons. The zero-order chi connectivity index (χ0) is 19.1. The van der Waals surface area contributed by atoms with Crippen molar-refractivity contribution in [1.29, 1.82) is 0 Å². The first-order chi connectivity index (χ1) is 12.5. The predicted octanol–water partition coefficient (Wildman–Crippen LogP) is 5.16. The normalized spacial score (nSPS) is 26.3. The van der Waals surface area contributed by atoms with E-state index in [1.165, 1.54) is 77.0 Å². The van der Waals surface area contributed by atoms with Crippen LogP contribution in [0.25, 0.3) is 0 Å². The van der Waals surface area contributed by atoms with Gasteiger partial charge < -0.3 is 20.4 Å². The van der Waals surface area contributed by atoms with Crippen molar-refractivity contribution in [2.75, 3.05) is 0 Å². The van der Waals surface area contributed by atoms with E-state index in [9.17, 15) is 20.4 Å². The average Bonchev–Trinajstić information content (AvgIpc) is 2.59. The van der Waals surface area contributed by atoms with Crippen molar-refractivity contribution < 1.29 is 20.4 Å². The third kappa shape index (κ3) is 10.9. The zero-order valence-electron chi connectivity index (χ0n) is 16.9. The minimum atomic E-state index is -2.40. The van der Waals surface area contributed by atoms with Crippen molar-refractivity contribution in [3.63, 3.8) is 0 Å². The Balaban J connectivity index is 2.34. The summed E-state index contributed by atoms with van der Waals surface area (Å²) in [6.45, 7) is 0. The van der Waals surface area contributed by atoms with E-state index in [2.05, 4.69) is 0 Å². The van der Waals surface area contributed by atoms with Gasteiger partial charge in [0.1, 0.15) is 0 Å². The molecule has 0 aromatic carbocycles. The van der Waals surface area contributed by atoms with Crippen molar-refractivity contribution in [3.8, 4) is 0 Å². The van der Waals surface area contributed by atoms with Gasteiger partial charge in [-0.25, -0.2) is 0 Å². The molecule has 1 rings (SSSR count). The van der Waals surface area contributed by atoms with Gasteiger partial charge in [0.2, 0.25) is 11.6 Å². The molecule has 1 aliphatic carbocycles. The summed E-state index contributed by atoms with van der Waals surface area (Å²) in [7, 11) is 0. The van der Waals surface area contributed by atoms with Crippen LogP contribution in [0, 0.1) is 0 Å². The molecule has 1 saturated carbocycles. The summed E-state index contributed by atoms with van der Waals surface area (Å²) in [5.41, 5.74) is 0. The Labute approximate surface area is 161 Å². The molecule has 4 nitrogen and oxygen atoms in total. The van der Waals surface area contributed by atoms with E-state index in [1.807, 2.05) is 0 Å². The first kappa shape index (κ1) is 23.9. The minimum absolute atomic E-state index is 0.0278. The van der Waals surface area contributed by atoms with E-state index >= 15 is 0 Å². The molecule has 0 unspecified atom stereocenters. The van der Waals surface area contributed by atoms with E-state index in [-0.39, 0.29) is 12.8 Å². The van der Waals surface area contributed by atoms with Gasteiger partial charge in [-0.05, 0) is 12.8 Å². The molecule has 0 amide bonds. The summed E-state index contributed by atoms with van der Waals surface area (Å²) < 4.78 is 0. The quantitative estimate of drug-likeness (QED) is 0.443. The lowest BCUT2D eigenvalue weighted by Crippen LogP contribution is -2.54. The van der Waals surface area contributed by atoms with Crippen LogP contribution in [0.4, 0.5) is 0 Å². The van der Waals surface area contributed by atoms with E-state index in [4.69, 9.17) is 0 Å². The molecule has 1 fully saturated rings. The third-order valence-electron chi connectivity index (χ3n) is 5.94. The largest absolute Gasteiger partial charge is 0.361 e. The summed E-state index contributed by atoms with van der Waals surface area (Å²) in [4.78, 5) is 0. The second-order valence-corrected chi connectivity index (χ2v) is 8.50. The fourth-order valence-electron chi connectivity index (χ4n) is 3.97. The minimum Gasteiger partial charge on any atom is -0.361 e. The molecule has 4 heteroatoms. The molecule has 0 radical (unpaired) electrons. The van der Waals surface area contributed by atoms with Crippen LogP contribution in [-0.2, 0) is 0 Å². The van der Waals surface area contributed by atoms with Crippen LogP contribution in [0.1, 0.15) is 128 Å². The molecule has 1 aliphatic rings. The first-order valence-electron chi connectivity index (χ1n) is 11.4. The highest BCUT2D eigenvalue weighted by molar-refractivity contribution is 4.82. The average molecular weight is 373 g/mol. The number of hydrogen-bond donors (Lipinski definition) is 4. The number of aliphatic hydroxyl groups is 4. The Morgan fingerprint density at radius 2 is 0.423 bits per heavy atom. The molecule has 0 aromatic heterocycles. The zero-order valence-corrected chi connectivity index (χ0v) is 16.9. The first-order valence-corrected chi connectivity index (χ1v) is 11.4. The van der Waals surface area contributed by atoms with Gasteiger partial charge in [-0.1, -0.05) is 103 Å². The van der Waals surface area contributed by atoms with Crippen LogP contribution in [0.5, 0.6) is 0 Å². The molecule has 26 heavy (non-hydrogen) atoms. The van der Waals surface area contributed by atoms with Crippen LogP contribution in [-0.4, -0.2) is 32.0 Å². The second-order valence-electron chi connectivity index (χ2n) is 8.50. The lowest BCUT2D eigenvalue weighted by Gasteiger charge is -2.35. The van der Waals surface area contributed by atoms with Crippen molar-refractivity contribution >= 4 is 0 Å². The van der Waals surface area contributed by atoms with Gasteiger partial charge in [0, 0.05) is 12.8 Å². The fraction of sp³-hybridized carbons (Fsp3) is 1.00. The van der Waals surface area contributed by atoms with Crippen LogP contribution in [0.3, 0.4) is 0 Å². The van der Waals surface area contributed by atoms with E-state index in [0.29, 0.717) is 12.8 Å². The number of hydrogen-bond acceptors (Lipinski definition) is 4. The summed E-state index contributed by atoms with van der Waals surface area (Å²) in [5, 5.41) is 40.3. The molecular formula is C22H44O4. The molecule has 0 aromatic rings. The highest BCUT2D eigenvalue weighted by Gasteiger charge is 2.45. The van der Waals surface area contributed by atoms with Crippen LogP contribution >= 0.6 is 0 Å². The van der Waals surface area contributed by atoms with Crippen LogP contribution < -0.4 is 0 Å². The Morgan fingerprint density at radius 3 is 0.615 bits per heavy atom. The van der Waals surface area contributed by atoms with Crippen molar-refractivity contribution in [3.05, 3.63) is 0 Å². The molecule has 0 aliphatic heterocycles. The van der Waals surface area contributed by atoms with Gasteiger partial charge in [0.15, 0.2) is 0 Å². The summed E-state index contributed by atoms with van der Waals surface area (Å²) in [6, 6.07) is 0. The Kier molecular flexibility index (Phi) is 12.8. The molecule has 0 atom stereocenters. The maximum Gasteiger partial charge on any atom is 0.218 e. The molecule has 0 spiro atoms. The maximum absolute atomic E-state index is 10.1. The van der Waals surface area contributed by atoms with Gasteiger partial charge >= 0.3 is 0 Å². The van der Waals surface area contributed by atoms with E-state index in [1.54, 1.807) is 0 Å². The van der Waals surface area contributed by atoms with Crippen molar-refractivity contribution in [2.24, 2.45) is 0 Å². The second kappa shape index (κ2) is 13.9. The van der Waals surface area contributed by atoms with Gasteiger partial charge in [0.25, 0.3) is 0 Å². The highest BCUT2D eigenvalue weighted by atomic mass is 16.6. The molecule has 4 N–H and O–H groups in total. The molecular weight excluding hydrogens is 328 g/mol. The van der Waals surface area contributed by atoms with Gasteiger partial charge in [0.05, 0.1) is 0 Å². The Morgan fingerprint density at radius 1 is 0.269 bits per heavy atom. The van der Waals surface area contributed by atoms with Crippen molar-refractivity contribution in [1.82, 2.24) is 0 Å². The lowest BCUT2D eigenvalue weighted by molar-refractivity contribution is -0.361. The smallest absolute Gasteiger partial charge is 0.218 e. The molecule has 0 bridgehead atoms. The Bertz CT molecular complexity index is 296. The standard InChI is InChI=1S/C22H44O4/c23-21(24)19-17-15-13-11-9-7-5-3-1-2-4-6-8-10-12-14-16-18-20-22(21,25)26/h23-26H,1-20H2. The summed E-state index contributed by atoms with van der Waals surface area (Å²) in [6.07, 6.45) is 21.0. The predicted molar refractivity (Wildman–Crippen MR) is 107 cm³/mol. The van der Waals surface area contributed by atoms with Crippen LogP contribution in [0.15, 0.2) is 0 Å². The third-order valence-corrected chi connectivity index (χ3v) is 5.94. The van der Waals surface area contributed by atoms with Crippen LogP contribution in [0.2, 0.25) is 0 Å². The number of rotatable bonds is 0. The van der Waals surface area contributed by atoms with Gasteiger partial charge in [-0.3, -0.25) is 0 Å². The van der Waals surface area contributed by atoms with E-state index in [0.717, 1.165) is 25.7 Å². The fourth-order valence-corrected chi connectivity index (χ4v) is 3.97. The van der Waals surface area contributed by atoms with Gasteiger partial charge in [-0.15, -0.1) is 0 Å². The topological polar surface area (TPSA) is 80.9 Å².